The highest BCUT2D eigenvalue weighted by Gasteiger charge is 2.30. The van der Waals surface area contributed by atoms with E-state index >= 15 is 0 Å². The fraction of sp³-hybridized carbons (Fsp3) is 0.500. The van der Waals surface area contributed by atoms with Crippen molar-refractivity contribution in [3.8, 4) is 11.5 Å². The lowest BCUT2D eigenvalue weighted by Gasteiger charge is -2.31. The summed E-state index contributed by atoms with van der Waals surface area (Å²) < 4.78 is 5.75. The van der Waals surface area contributed by atoms with E-state index in [-0.39, 0.29) is 30.3 Å². The van der Waals surface area contributed by atoms with Gasteiger partial charge < -0.3 is 20.0 Å². The third-order valence-electron chi connectivity index (χ3n) is 5.24. The molecule has 1 aromatic carbocycles. The Hall–Kier alpha value is -2.45. The second-order valence-electron chi connectivity index (χ2n) is 7.72. The number of likely N-dealkylation sites (tertiary alicyclic amines) is 1. The summed E-state index contributed by atoms with van der Waals surface area (Å²) in [5.41, 5.74) is 6.10. The van der Waals surface area contributed by atoms with Crippen LogP contribution in [0.2, 0.25) is 5.02 Å². The number of carbonyl (C=O) groups excluding carboxylic acids is 2. The van der Waals surface area contributed by atoms with Crippen molar-refractivity contribution in [1.29, 1.82) is 0 Å². The van der Waals surface area contributed by atoms with Crippen molar-refractivity contribution in [3.63, 3.8) is 0 Å². The standard InChI is InChI=1S/C20H26ClN5O3/c1-13(2)26(18(27)12-25-9-5-6-14(10-25)19(22)28)11-17-23-24-20(29-17)15-7-3-4-8-16(15)21/h3-4,7-8,13-14H,5-6,9-12H2,1-2H3,(H2,22,28)/p+1/t14-/m1/s1. The highest BCUT2D eigenvalue weighted by atomic mass is 35.5. The minimum atomic E-state index is -0.284. The van der Waals surface area contributed by atoms with Gasteiger partial charge in [0, 0.05) is 6.04 Å². The zero-order chi connectivity index (χ0) is 21.0. The minimum Gasteiger partial charge on any atom is -0.419 e. The number of aromatic nitrogens is 2. The monoisotopic (exact) mass is 420 g/mol. The van der Waals surface area contributed by atoms with Crippen LogP contribution in [-0.4, -0.2) is 52.6 Å². The molecule has 2 amide bonds. The summed E-state index contributed by atoms with van der Waals surface area (Å²) in [6, 6.07) is 7.20. The first-order valence-corrected chi connectivity index (χ1v) is 10.2. The molecule has 0 bridgehead atoms. The summed E-state index contributed by atoms with van der Waals surface area (Å²) in [4.78, 5) is 27.2. The maximum Gasteiger partial charge on any atom is 0.278 e. The summed E-state index contributed by atoms with van der Waals surface area (Å²) in [5.74, 6) is 0.220. The summed E-state index contributed by atoms with van der Waals surface area (Å²) in [6.45, 7) is 5.89. The van der Waals surface area contributed by atoms with Gasteiger partial charge in [0.25, 0.3) is 5.91 Å². The maximum absolute atomic E-state index is 12.9. The van der Waals surface area contributed by atoms with Crippen LogP contribution in [0.25, 0.3) is 11.5 Å². The number of halogens is 1. The van der Waals surface area contributed by atoms with Gasteiger partial charge in [-0.15, -0.1) is 10.2 Å². The Kier molecular flexibility index (Phi) is 6.87. The molecule has 1 aliphatic rings. The van der Waals surface area contributed by atoms with Gasteiger partial charge in [-0.3, -0.25) is 9.59 Å². The molecule has 0 radical (unpaired) electrons. The van der Waals surface area contributed by atoms with Gasteiger partial charge in [-0.25, -0.2) is 0 Å². The van der Waals surface area contributed by atoms with Crippen LogP contribution < -0.4 is 10.6 Å². The summed E-state index contributed by atoms with van der Waals surface area (Å²) in [5, 5.41) is 8.68. The van der Waals surface area contributed by atoms with E-state index in [1.54, 1.807) is 17.0 Å². The number of rotatable bonds is 7. The highest BCUT2D eigenvalue weighted by molar-refractivity contribution is 6.33. The van der Waals surface area contributed by atoms with Gasteiger partial charge >= 0.3 is 0 Å². The van der Waals surface area contributed by atoms with Crippen LogP contribution in [0.4, 0.5) is 0 Å². The Balaban J connectivity index is 1.67. The lowest BCUT2D eigenvalue weighted by atomic mass is 9.97. The van der Waals surface area contributed by atoms with Crippen molar-refractivity contribution in [2.24, 2.45) is 11.7 Å². The van der Waals surface area contributed by atoms with Crippen molar-refractivity contribution in [1.82, 2.24) is 15.1 Å². The lowest BCUT2D eigenvalue weighted by molar-refractivity contribution is -0.899. The van der Waals surface area contributed by atoms with E-state index in [0.717, 1.165) is 24.3 Å². The average Bonchev–Trinajstić information content (AvgIpc) is 3.14. The van der Waals surface area contributed by atoms with Gasteiger partial charge in [0.1, 0.15) is 0 Å². The van der Waals surface area contributed by atoms with E-state index in [1.807, 2.05) is 26.0 Å². The van der Waals surface area contributed by atoms with Crippen LogP contribution in [0, 0.1) is 5.92 Å². The molecule has 1 unspecified atom stereocenters. The van der Waals surface area contributed by atoms with Crippen LogP contribution in [0.5, 0.6) is 0 Å². The quantitative estimate of drug-likeness (QED) is 0.692. The second-order valence-corrected chi connectivity index (χ2v) is 8.13. The molecule has 0 spiro atoms. The van der Waals surface area contributed by atoms with Crippen molar-refractivity contribution in [2.45, 2.75) is 39.3 Å². The van der Waals surface area contributed by atoms with Crippen LogP contribution >= 0.6 is 11.6 Å². The number of quaternary nitrogens is 1. The van der Waals surface area contributed by atoms with Gasteiger partial charge in [-0.2, -0.15) is 0 Å². The SMILES string of the molecule is CC(C)N(Cc1nnc(-c2ccccc2Cl)o1)C(=O)C[NH+]1CCC[C@@H](C(N)=O)C1. The van der Waals surface area contributed by atoms with Gasteiger partial charge in [0.05, 0.1) is 36.1 Å². The smallest absolute Gasteiger partial charge is 0.278 e. The number of piperidine rings is 1. The van der Waals surface area contributed by atoms with Gasteiger partial charge in [0.2, 0.25) is 17.7 Å². The number of carbonyl (C=O) groups is 2. The molecular weight excluding hydrogens is 394 g/mol. The molecule has 3 N–H and O–H groups in total. The Morgan fingerprint density at radius 3 is 2.79 bits per heavy atom. The van der Waals surface area contributed by atoms with Crippen molar-refractivity contribution >= 4 is 23.4 Å². The number of hydrogen-bond donors (Lipinski definition) is 2. The zero-order valence-electron chi connectivity index (χ0n) is 16.7. The van der Waals surface area contributed by atoms with Gasteiger partial charge in [-0.05, 0) is 38.8 Å². The van der Waals surface area contributed by atoms with Crippen LogP contribution in [-0.2, 0) is 16.1 Å². The predicted octanol–water partition coefficient (Wildman–Crippen LogP) is 0.907. The van der Waals surface area contributed by atoms with Crippen LogP contribution in [0.15, 0.2) is 28.7 Å². The van der Waals surface area contributed by atoms with Crippen LogP contribution in [0.1, 0.15) is 32.6 Å². The molecule has 1 aliphatic heterocycles. The third kappa shape index (κ3) is 5.33. The fourth-order valence-corrected chi connectivity index (χ4v) is 3.85. The molecule has 8 nitrogen and oxygen atoms in total. The molecule has 9 heteroatoms. The van der Waals surface area contributed by atoms with Crippen molar-refractivity contribution < 1.29 is 18.9 Å². The van der Waals surface area contributed by atoms with Crippen molar-refractivity contribution in [2.75, 3.05) is 19.6 Å². The van der Waals surface area contributed by atoms with Gasteiger partial charge in [0.15, 0.2) is 6.54 Å². The van der Waals surface area contributed by atoms with Crippen LogP contribution in [0.3, 0.4) is 0 Å². The highest BCUT2D eigenvalue weighted by Crippen LogP contribution is 2.26. The zero-order valence-corrected chi connectivity index (χ0v) is 17.5. The fourth-order valence-electron chi connectivity index (χ4n) is 3.64. The number of nitrogens with zero attached hydrogens (tertiary/aromatic N) is 3. The van der Waals surface area contributed by atoms with E-state index in [2.05, 4.69) is 10.2 Å². The van der Waals surface area contributed by atoms with E-state index < -0.39 is 0 Å². The molecule has 29 heavy (non-hydrogen) atoms. The number of nitrogens with one attached hydrogen (secondary N) is 1. The predicted molar refractivity (Wildman–Crippen MR) is 108 cm³/mol. The lowest BCUT2D eigenvalue weighted by Crippen LogP contribution is -3.15. The van der Waals surface area contributed by atoms with Crippen molar-refractivity contribution in [3.05, 3.63) is 35.2 Å². The van der Waals surface area contributed by atoms with Gasteiger partial charge in [-0.1, -0.05) is 23.7 Å². The molecular formula is C20H27ClN5O3+. The first-order valence-electron chi connectivity index (χ1n) is 9.84. The largest absolute Gasteiger partial charge is 0.419 e. The number of hydrogen-bond acceptors (Lipinski definition) is 5. The Bertz CT molecular complexity index is 869. The Labute approximate surface area is 175 Å². The van der Waals surface area contributed by atoms with E-state index in [9.17, 15) is 9.59 Å². The maximum atomic E-state index is 12.9. The topological polar surface area (TPSA) is 107 Å². The number of benzene rings is 1. The Morgan fingerprint density at radius 1 is 1.34 bits per heavy atom. The second kappa shape index (κ2) is 9.37. The number of primary amides is 1. The molecule has 0 aliphatic carbocycles. The summed E-state index contributed by atoms with van der Waals surface area (Å²) >= 11 is 6.19. The molecule has 3 rings (SSSR count). The molecule has 1 saturated heterocycles. The first-order chi connectivity index (χ1) is 13.8. The number of nitrogens with two attached hydrogens (primary N) is 1. The molecule has 0 saturated carbocycles. The first kappa shape index (κ1) is 21.3. The molecule has 156 valence electrons. The molecule has 2 heterocycles. The average molecular weight is 421 g/mol. The normalized spacial score (nSPS) is 19.3. The summed E-state index contributed by atoms with van der Waals surface area (Å²) in [7, 11) is 0. The van der Waals surface area contributed by atoms with E-state index in [1.165, 1.54) is 0 Å². The number of amides is 2. The Morgan fingerprint density at radius 2 is 2.10 bits per heavy atom. The minimum absolute atomic E-state index is 0.0161. The third-order valence-corrected chi connectivity index (χ3v) is 5.57. The van der Waals surface area contributed by atoms with E-state index in [4.69, 9.17) is 21.8 Å². The van der Waals surface area contributed by atoms with E-state index in [0.29, 0.717) is 35.5 Å². The summed E-state index contributed by atoms with van der Waals surface area (Å²) in [6.07, 6.45) is 1.69. The molecule has 1 fully saturated rings. The molecule has 2 atom stereocenters. The molecule has 1 aromatic heterocycles. The molecule has 2 aromatic rings.